The lowest BCUT2D eigenvalue weighted by Crippen LogP contribution is -2.44. The zero-order valence-corrected chi connectivity index (χ0v) is 13.9. The Labute approximate surface area is 142 Å². The Hall–Kier alpha value is -2.46. The third-order valence-electron chi connectivity index (χ3n) is 3.74. The highest BCUT2D eigenvalue weighted by Crippen LogP contribution is 2.09. The van der Waals surface area contributed by atoms with Crippen molar-refractivity contribution in [3.05, 3.63) is 71.8 Å². The number of esters is 1. The Morgan fingerprint density at radius 2 is 1.62 bits per heavy atom. The second-order valence-electron chi connectivity index (χ2n) is 5.76. The minimum absolute atomic E-state index is 0.235. The molecule has 0 saturated heterocycles. The molecule has 2 atom stereocenters. The van der Waals surface area contributed by atoms with Crippen molar-refractivity contribution >= 4 is 12.3 Å². The van der Waals surface area contributed by atoms with Crippen LogP contribution in [0, 0.1) is 0 Å². The van der Waals surface area contributed by atoms with Gasteiger partial charge in [-0.05, 0) is 30.9 Å². The standard InChI is InChI=1S/C20H23NO3/c1-16(14-22)21-19(13-12-17-8-4-2-5-9-17)20(23)24-15-18-10-6-3-7-11-18/h2-11,14,16,19,21H,12-13,15H2,1H3/t16-,19?/m0/s1. The molecule has 0 aromatic heterocycles. The zero-order chi connectivity index (χ0) is 17.2. The van der Waals surface area contributed by atoms with Crippen molar-refractivity contribution in [2.24, 2.45) is 0 Å². The number of ether oxygens (including phenoxy) is 1. The van der Waals surface area contributed by atoms with Gasteiger partial charge in [0.1, 0.15) is 18.9 Å². The predicted molar refractivity (Wildman–Crippen MR) is 93.5 cm³/mol. The van der Waals surface area contributed by atoms with E-state index >= 15 is 0 Å². The monoisotopic (exact) mass is 325 g/mol. The van der Waals surface area contributed by atoms with E-state index < -0.39 is 12.1 Å². The first kappa shape index (κ1) is 17.9. The van der Waals surface area contributed by atoms with Crippen LogP contribution in [-0.2, 0) is 27.4 Å². The van der Waals surface area contributed by atoms with Gasteiger partial charge in [-0.25, -0.2) is 0 Å². The van der Waals surface area contributed by atoms with E-state index in [9.17, 15) is 9.59 Å². The van der Waals surface area contributed by atoms with Crippen LogP contribution in [0.2, 0.25) is 0 Å². The Morgan fingerprint density at radius 1 is 1.04 bits per heavy atom. The second kappa shape index (κ2) is 9.63. The van der Waals surface area contributed by atoms with Gasteiger partial charge in [0.2, 0.25) is 0 Å². The summed E-state index contributed by atoms with van der Waals surface area (Å²) in [4.78, 5) is 23.3. The SMILES string of the molecule is C[C@@H](C=O)NC(CCc1ccccc1)C(=O)OCc1ccccc1. The Morgan fingerprint density at radius 3 is 2.21 bits per heavy atom. The van der Waals surface area contributed by atoms with E-state index in [2.05, 4.69) is 5.32 Å². The fraction of sp³-hybridized carbons (Fsp3) is 0.300. The summed E-state index contributed by atoms with van der Waals surface area (Å²) < 4.78 is 5.41. The molecule has 0 fully saturated rings. The molecular weight excluding hydrogens is 302 g/mol. The number of hydrogen-bond acceptors (Lipinski definition) is 4. The summed E-state index contributed by atoms with van der Waals surface area (Å²) in [5.41, 5.74) is 2.09. The molecule has 0 aliphatic carbocycles. The van der Waals surface area contributed by atoms with Crippen LogP contribution in [0.4, 0.5) is 0 Å². The third-order valence-corrected chi connectivity index (χ3v) is 3.74. The van der Waals surface area contributed by atoms with Gasteiger partial charge >= 0.3 is 5.97 Å². The Kier molecular flexibility index (Phi) is 7.18. The van der Waals surface area contributed by atoms with Crippen molar-refractivity contribution in [1.82, 2.24) is 5.32 Å². The maximum Gasteiger partial charge on any atom is 0.323 e. The molecule has 0 heterocycles. The summed E-state index contributed by atoms with van der Waals surface area (Å²) in [6.45, 7) is 1.96. The summed E-state index contributed by atoms with van der Waals surface area (Å²) in [5.74, 6) is -0.330. The number of hydrogen-bond donors (Lipinski definition) is 1. The lowest BCUT2D eigenvalue weighted by atomic mass is 10.0. The normalized spacial score (nSPS) is 13.0. The highest BCUT2D eigenvalue weighted by molar-refractivity contribution is 5.76. The zero-order valence-electron chi connectivity index (χ0n) is 13.9. The van der Waals surface area contributed by atoms with Crippen LogP contribution in [0.1, 0.15) is 24.5 Å². The van der Waals surface area contributed by atoms with Crippen LogP contribution in [0.5, 0.6) is 0 Å². The van der Waals surface area contributed by atoms with Crippen LogP contribution in [0.25, 0.3) is 0 Å². The molecule has 2 aromatic carbocycles. The molecule has 0 saturated carbocycles. The van der Waals surface area contributed by atoms with Gasteiger partial charge in [-0.2, -0.15) is 0 Å². The van der Waals surface area contributed by atoms with E-state index in [1.165, 1.54) is 0 Å². The molecule has 24 heavy (non-hydrogen) atoms. The van der Waals surface area contributed by atoms with Crippen molar-refractivity contribution in [2.45, 2.75) is 38.5 Å². The summed E-state index contributed by atoms with van der Waals surface area (Å²) in [7, 11) is 0. The molecule has 0 spiro atoms. The highest BCUT2D eigenvalue weighted by atomic mass is 16.5. The van der Waals surface area contributed by atoms with E-state index in [0.717, 1.165) is 23.8 Å². The molecule has 1 unspecified atom stereocenters. The van der Waals surface area contributed by atoms with Crippen molar-refractivity contribution in [2.75, 3.05) is 0 Å². The molecule has 4 nitrogen and oxygen atoms in total. The predicted octanol–water partition coefficient (Wildman–Crippen LogP) is 2.91. The molecule has 4 heteroatoms. The topological polar surface area (TPSA) is 55.4 Å². The van der Waals surface area contributed by atoms with Gasteiger partial charge in [0.25, 0.3) is 0 Å². The van der Waals surface area contributed by atoms with Crippen LogP contribution >= 0.6 is 0 Å². The Bertz CT molecular complexity index is 628. The summed E-state index contributed by atoms with van der Waals surface area (Å²) in [6.07, 6.45) is 2.11. The minimum atomic E-state index is -0.505. The van der Waals surface area contributed by atoms with Crippen molar-refractivity contribution in [1.29, 1.82) is 0 Å². The summed E-state index contributed by atoms with van der Waals surface area (Å²) in [5, 5.41) is 3.03. The van der Waals surface area contributed by atoms with Crippen molar-refractivity contribution in [3.8, 4) is 0 Å². The first-order valence-corrected chi connectivity index (χ1v) is 8.15. The number of carbonyl (C=O) groups is 2. The highest BCUT2D eigenvalue weighted by Gasteiger charge is 2.21. The molecule has 126 valence electrons. The first-order valence-electron chi connectivity index (χ1n) is 8.15. The maximum atomic E-state index is 12.4. The average molecular weight is 325 g/mol. The molecular formula is C20H23NO3. The van der Waals surface area contributed by atoms with Crippen molar-refractivity contribution < 1.29 is 14.3 Å². The molecule has 1 N–H and O–H groups in total. The summed E-state index contributed by atoms with van der Waals surface area (Å²) >= 11 is 0. The fourth-order valence-corrected chi connectivity index (χ4v) is 2.41. The second-order valence-corrected chi connectivity index (χ2v) is 5.76. The number of aryl methyl sites for hydroxylation is 1. The lowest BCUT2D eigenvalue weighted by molar-refractivity contribution is -0.147. The number of nitrogens with one attached hydrogen (secondary N) is 1. The smallest absolute Gasteiger partial charge is 0.323 e. The van der Waals surface area contributed by atoms with Gasteiger partial charge in [-0.15, -0.1) is 0 Å². The lowest BCUT2D eigenvalue weighted by Gasteiger charge is -2.19. The molecule has 0 aliphatic rings. The van der Waals surface area contributed by atoms with Gasteiger partial charge in [-0.3, -0.25) is 10.1 Å². The molecule has 0 aliphatic heterocycles. The van der Waals surface area contributed by atoms with E-state index in [-0.39, 0.29) is 12.6 Å². The van der Waals surface area contributed by atoms with Gasteiger partial charge in [0, 0.05) is 0 Å². The quantitative estimate of drug-likeness (QED) is 0.569. The molecule has 0 radical (unpaired) electrons. The van der Waals surface area contributed by atoms with E-state index in [0.29, 0.717) is 6.42 Å². The van der Waals surface area contributed by atoms with E-state index in [4.69, 9.17) is 4.74 Å². The van der Waals surface area contributed by atoms with E-state index in [1.807, 2.05) is 60.7 Å². The van der Waals surface area contributed by atoms with Crippen molar-refractivity contribution in [3.63, 3.8) is 0 Å². The maximum absolute atomic E-state index is 12.4. The number of carbonyl (C=O) groups excluding carboxylic acids is 2. The number of rotatable bonds is 9. The van der Waals surface area contributed by atoms with Crippen LogP contribution in [0.15, 0.2) is 60.7 Å². The van der Waals surface area contributed by atoms with E-state index in [1.54, 1.807) is 6.92 Å². The summed E-state index contributed by atoms with van der Waals surface area (Å²) in [6, 6.07) is 18.6. The van der Waals surface area contributed by atoms with Gasteiger partial charge in [0.15, 0.2) is 0 Å². The number of benzene rings is 2. The number of aldehydes is 1. The van der Waals surface area contributed by atoms with Gasteiger partial charge in [-0.1, -0.05) is 60.7 Å². The average Bonchev–Trinajstić information content (AvgIpc) is 2.64. The molecule has 2 aromatic rings. The molecule has 2 rings (SSSR count). The van der Waals surface area contributed by atoms with Gasteiger partial charge in [0.05, 0.1) is 6.04 Å². The van der Waals surface area contributed by atoms with Crippen LogP contribution in [0.3, 0.4) is 0 Å². The Balaban J connectivity index is 1.93. The largest absolute Gasteiger partial charge is 0.460 e. The third kappa shape index (κ3) is 5.97. The van der Waals surface area contributed by atoms with Gasteiger partial charge < -0.3 is 9.53 Å². The minimum Gasteiger partial charge on any atom is -0.460 e. The molecule has 0 amide bonds. The molecule has 0 bridgehead atoms. The van der Waals surface area contributed by atoms with Crippen LogP contribution < -0.4 is 5.32 Å². The fourth-order valence-electron chi connectivity index (χ4n) is 2.41. The van der Waals surface area contributed by atoms with Crippen LogP contribution in [-0.4, -0.2) is 24.3 Å². The first-order chi connectivity index (χ1) is 11.7.